The van der Waals surface area contributed by atoms with E-state index in [9.17, 15) is 4.79 Å². The Morgan fingerprint density at radius 1 is 1.53 bits per heavy atom. The summed E-state index contributed by atoms with van der Waals surface area (Å²) in [5.74, 6) is 0.331. The first-order chi connectivity index (χ1) is 8.15. The third-order valence-corrected chi connectivity index (χ3v) is 2.12. The molecule has 2 aromatic rings. The molecule has 0 fully saturated rings. The van der Waals surface area contributed by atoms with Gasteiger partial charge in [0.2, 0.25) is 0 Å². The van der Waals surface area contributed by atoms with Crippen LogP contribution in [0.25, 0.3) is 0 Å². The topological polar surface area (TPSA) is 96.7 Å². The van der Waals surface area contributed by atoms with Gasteiger partial charge >= 0.3 is 0 Å². The van der Waals surface area contributed by atoms with Crippen molar-refractivity contribution in [1.82, 2.24) is 15.0 Å². The molecule has 0 unspecified atom stereocenters. The fraction of sp³-hybridized carbons (Fsp3) is 0. The second-order valence-corrected chi connectivity index (χ2v) is 3.61. The molecule has 1 amide bonds. The van der Waals surface area contributed by atoms with E-state index in [4.69, 9.17) is 18.0 Å². The normalized spacial score (nSPS) is 9.88. The van der Waals surface area contributed by atoms with Crippen LogP contribution < -0.4 is 11.1 Å². The highest BCUT2D eigenvalue weighted by Gasteiger charge is 2.06. The summed E-state index contributed by atoms with van der Waals surface area (Å²) in [4.78, 5) is 22.2. The van der Waals surface area contributed by atoms with Crippen LogP contribution in [0.3, 0.4) is 0 Å². The smallest absolute Gasteiger partial charge is 0.258 e. The van der Waals surface area contributed by atoms with E-state index in [2.05, 4.69) is 20.3 Å². The molecule has 0 spiro atoms. The van der Waals surface area contributed by atoms with Crippen LogP contribution in [0.2, 0.25) is 0 Å². The SMILES string of the molecule is Nc1cc(NC(=O)c2cccnc2)nc(=S)[nH]1. The summed E-state index contributed by atoms with van der Waals surface area (Å²) in [7, 11) is 0. The molecule has 0 saturated heterocycles. The molecule has 0 aliphatic heterocycles. The minimum absolute atomic E-state index is 0.214. The lowest BCUT2D eigenvalue weighted by Crippen LogP contribution is -2.13. The Kier molecular flexibility index (Phi) is 3.10. The molecule has 0 bridgehead atoms. The van der Waals surface area contributed by atoms with Crippen LogP contribution in [-0.2, 0) is 0 Å². The van der Waals surface area contributed by atoms with Crippen molar-refractivity contribution in [2.75, 3.05) is 11.1 Å². The molecular formula is C10H9N5OS. The first-order valence-electron chi connectivity index (χ1n) is 4.73. The molecule has 86 valence electrons. The van der Waals surface area contributed by atoms with Crippen molar-refractivity contribution in [2.45, 2.75) is 0 Å². The Morgan fingerprint density at radius 2 is 2.35 bits per heavy atom. The average Bonchev–Trinajstić information content (AvgIpc) is 2.28. The molecule has 0 saturated carbocycles. The summed E-state index contributed by atoms with van der Waals surface area (Å²) in [5, 5.41) is 2.58. The average molecular weight is 247 g/mol. The summed E-state index contributed by atoms with van der Waals surface area (Å²) in [6.45, 7) is 0. The van der Waals surface area contributed by atoms with Crippen molar-refractivity contribution in [3.05, 3.63) is 40.9 Å². The van der Waals surface area contributed by atoms with Crippen LogP contribution in [0, 0.1) is 4.77 Å². The third kappa shape index (κ3) is 2.85. The van der Waals surface area contributed by atoms with Crippen LogP contribution in [0.4, 0.5) is 11.6 Å². The molecular weight excluding hydrogens is 238 g/mol. The van der Waals surface area contributed by atoms with Gasteiger partial charge in [0, 0.05) is 18.5 Å². The first-order valence-corrected chi connectivity index (χ1v) is 5.14. The summed E-state index contributed by atoms with van der Waals surface area (Å²) in [6.07, 6.45) is 3.05. The zero-order valence-corrected chi connectivity index (χ0v) is 9.49. The number of aromatic nitrogens is 3. The van der Waals surface area contributed by atoms with E-state index in [0.717, 1.165) is 0 Å². The molecule has 0 radical (unpaired) electrons. The van der Waals surface area contributed by atoms with E-state index >= 15 is 0 Å². The number of hydrogen-bond acceptors (Lipinski definition) is 5. The van der Waals surface area contributed by atoms with Gasteiger partial charge in [0.1, 0.15) is 11.6 Å². The van der Waals surface area contributed by atoms with Crippen molar-refractivity contribution in [2.24, 2.45) is 0 Å². The molecule has 0 aliphatic rings. The van der Waals surface area contributed by atoms with Gasteiger partial charge in [-0.3, -0.25) is 9.78 Å². The lowest BCUT2D eigenvalue weighted by molar-refractivity contribution is 0.102. The van der Waals surface area contributed by atoms with Gasteiger partial charge in [-0.1, -0.05) is 0 Å². The number of hydrogen-bond donors (Lipinski definition) is 3. The molecule has 0 atom stereocenters. The molecule has 6 nitrogen and oxygen atoms in total. The number of amides is 1. The zero-order chi connectivity index (χ0) is 12.3. The second-order valence-electron chi connectivity index (χ2n) is 3.22. The highest BCUT2D eigenvalue weighted by atomic mass is 32.1. The monoisotopic (exact) mass is 247 g/mol. The molecule has 7 heteroatoms. The number of carbonyl (C=O) groups is 1. The van der Waals surface area contributed by atoms with Gasteiger partial charge in [-0.15, -0.1) is 0 Å². The van der Waals surface area contributed by atoms with E-state index in [1.54, 1.807) is 18.3 Å². The minimum atomic E-state index is -0.314. The number of rotatable bonds is 2. The van der Waals surface area contributed by atoms with Crippen molar-refractivity contribution in [3.63, 3.8) is 0 Å². The number of nitrogen functional groups attached to an aromatic ring is 1. The number of pyridine rings is 1. The van der Waals surface area contributed by atoms with Crippen LogP contribution in [0.15, 0.2) is 30.6 Å². The van der Waals surface area contributed by atoms with Crippen LogP contribution in [0.5, 0.6) is 0 Å². The molecule has 2 aromatic heterocycles. The summed E-state index contributed by atoms with van der Waals surface area (Å²) < 4.78 is 0.214. The van der Waals surface area contributed by atoms with E-state index in [1.807, 2.05) is 0 Å². The Morgan fingerprint density at radius 3 is 3.00 bits per heavy atom. The number of anilines is 2. The number of aromatic amines is 1. The zero-order valence-electron chi connectivity index (χ0n) is 8.68. The highest BCUT2D eigenvalue weighted by molar-refractivity contribution is 7.71. The Labute approximate surface area is 102 Å². The summed E-state index contributed by atoms with van der Waals surface area (Å²) >= 11 is 4.85. The van der Waals surface area contributed by atoms with Gasteiger partial charge in [0.25, 0.3) is 5.91 Å². The van der Waals surface area contributed by atoms with Crippen molar-refractivity contribution >= 4 is 29.8 Å². The maximum Gasteiger partial charge on any atom is 0.258 e. The number of nitrogens with zero attached hydrogens (tertiary/aromatic N) is 2. The maximum absolute atomic E-state index is 11.8. The van der Waals surface area contributed by atoms with Gasteiger partial charge in [-0.2, -0.15) is 0 Å². The van der Waals surface area contributed by atoms with E-state index in [1.165, 1.54) is 12.3 Å². The fourth-order valence-electron chi connectivity index (χ4n) is 1.23. The predicted molar refractivity (Wildman–Crippen MR) is 66.0 cm³/mol. The Hall–Kier alpha value is -2.28. The third-order valence-electron chi connectivity index (χ3n) is 1.93. The molecule has 2 rings (SSSR count). The van der Waals surface area contributed by atoms with Crippen LogP contribution >= 0.6 is 12.2 Å². The molecule has 0 aromatic carbocycles. The van der Waals surface area contributed by atoms with Crippen molar-refractivity contribution in [3.8, 4) is 0 Å². The van der Waals surface area contributed by atoms with Gasteiger partial charge in [-0.05, 0) is 24.4 Å². The lowest BCUT2D eigenvalue weighted by Gasteiger charge is -2.04. The van der Waals surface area contributed by atoms with Crippen LogP contribution in [0.1, 0.15) is 10.4 Å². The van der Waals surface area contributed by atoms with Crippen molar-refractivity contribution in [1.29, 1.82) is 0 Å². The second kappa shape index (κ2) is 4.71. The fourth-order valence-corrected chi connectivity index (χ4v) is 1.44. The largest absolute Gasteiger partial charge is 0.385 e. The predicted octanol–water partition coefficient (Wildman–Crippen LogP) is 1.37. The van der Waals surface area contributed by atoms with Gasteiger partial charge in [0.15, 0.2) is 4.77 Å². The molecule has 2 heterocycles. The Balaban J connectivity index is 2.22. The number of carbonyl (C=O) groups excluding carboxylic acids is 1. The maximum atomic E-state index is 11.8. The number of nitrogens with two attached hydrogens (primary N) is 1. The van der Waals surface area contributed by atoms with E-state index in [0.29, 0.717) is 17.2 Å². The van der Waals surface area contributed by atoms with Crippen LogP contribution in [-0.4, -0.2) is 20.9 Å². The number of H-pyrrole nitrogens is 1. The van der Waals surface area contributed by atoms with E-state index in [-0.39, 0.29) is 10.7 Å². The van der Waals surface area contributed by atoms with E-state index < -0.39 is 0 Å². The minimum Gasteiger partial charge on any atom is -0.385 e. The summed E-state index contributed by atoms with van der Waals surface area (Å²) in [6, 6.07) is 4.81. The van der Waals surface area contributed by atoms with Gasteiger partial charge in [0.05, 0.1) is 5.56 Å². The quantitative estimate of drug-likeness (QED) is 0.696. The highest BCUT2D eigenvalue weighted by Crippen LogP contribution is 2.08. The van der Waals surface area contributed by atoms with Gasteiger partial charge < -0.3 is 16.0 Å². The Bertz CT molecular complexity index is 595. The standard InChI is InChI=1S/C10H9N5OS/c11-7-4-8(15-10(17)13-7)14-9(16)6-2-1-3-12-5-6/h1-5H,(H4,11,13,14,15,16,17). The van der Waals surface area contributed by atoms with Crippen molar-refractivity contribution < 1.29 is 4.79 Å². The first kappa shape index (κ1) is 11.2. The molecule has 0 aliphatic carbocycles. The number of nitrogens with one attached hydrogen (secondary N) is 2. The summed E-state index contributed by atoms with van der Waals surface area (Å²) in [5.41, 5.74) is 5.98. The molecule has 4 N–H and O–H groups in total. The lowest BCUT2D eigenvalue weighted by atomic mass is 10.3. The van der Waals surface area contributed by atoms with Gasteiger partial charge in [-0.25, -0.2) is 4.98 Å². The molecule has 17 heavy (non-hydrogen) atoms.